The Morgan fingerprint density at radius 1 is 1.50 bits per heavy atom. The Kier molecular flexibility index (Phi) is 2.85. The standard InChI is InChI=1S/C11H10FN5O/c12-8-2-1-3-9-7(8)4-16(11(14)15)5-10(18)17(9)6-13/h1-3H,4-5H2,(H3,14,15). The van der Waals surface area contributed by atoms with E-state index in [0.29, 0.717) is 0 Å². The molecule has 6 nitrogen and oxygen atoms in total. The van der Waals surface area contributed by atoms with Crippen LogP contribution in [-0.4, -0.2) is 23.3 Å². The van der Waals surface area contributed by atoms with Crippen LogP contribution in [0.5, 0.6) is 0 Å². The first-order valence-corrected chi connectivity index (χ1v) is 5.13. The summed E-state index contributed by atoms with van der Waals surface area (Å²) in [4.78, 5) is 13.9. The predicted molar refractivity (Wildman–Crippen MR) is 61.8 cm³/mol. The van der Waals surface area contributed by atoms with Crippen LogP contribution in [0.1, 0.15) is 5.56 Å². The van der Waals surface area contributed by atoms with Crippen molar-refractivity contribution >= 4 is 17.6 Å². The minimum atomic E-state index is -0.544. The van der Waals surface area contributed by atoms with Crippen LogP contribution in [0.3, 0.4) is 0 Å². The van der Waals surface area contributed by atoms with Crippen molar-refractivity contribution in [3.8, 4) is 6.19 Å². The lowest BCUT2D eigenvalue weighted by Crippen LogP contribution is -2.41. The van der Waals surface area contributed by atoms with Gasteiger partial charge in [-0.1, -0.05) is 6.07 Å². The lowest BCUT2D eigenvalue weighted by atomic mass is 10.1. The Morgan fingerprint density at radius 2 is 2.22 bits per heavy atom. The molecule has 92 valence electrons. The highest BCUT2D eigenvalue weighted by molar-refractivity contribution is 6.00. The highest BCUT2D eigenvalue weighted by atomic mass is 19.1. The quantitative estimate of drug-likeness (QED) is 0.392. The van der Waals surface area contributed by atoms with E-state index in [2.05, 4.69) is 0 Å². The van der Waals surface area contributed by atoms with Crippen molar-refractivity contribution < 1.29 is 9.18 Å². The van der Waals surface area contributed by atoms with E-state index in [1.165, 1.54) is 23.1 Å². The van der Waals surface area contributed by atoms with Crippen LogP contribution in [0.15, 0.2) is 18.2 Å². The van der Waals surface area contributed by atoms with Crippen LogP contribution in [0.4, 0.5) is 10.1 Å². The molecule has 1 heterocycles. The van der Waals surface area contributed by atoms with Crippen molar-refractivity contribution in [2.45, 2.75) is 6.54 Å². The lowest BCUT2D eigenvalue weighted by Gasteiger charge is -2.18. The minimum absolute atomic E-state index is 0.0126. The molecule has 1 aliphatic rings. The van der Waals surface area contributed by atoms with Crippen molar-refractivity contribution in [1.82, 2.24) is 4.90 Å². The molecule has 1 aromatic rings. The fraction of sp³-hybridized carbons (Fsp3) is 0.182. The van der Waals surface area contributed by atoms with E-state index >= 15 is 0 Å². The van der Waals surface area contributed by atoms with Crippen LogP contribution in [-0.2, 0) is 11.3 Å². The SMILES string of the molecule is N#CN1C(=O)CN(C(=N)N)Cc2c(F)cccc21. The van der Waals surface area contributed by atoms with E-state index in [1.54, 1.807) is 6.19 Å². The van der Waals surface area contributed by atoms with Gasteiger partial charge in [0, 0.05) is 5.56 Å². The second-order valence-corrected chi connectivity index (χ2v) is 3.81. The predicted octanol–water partition coefficient (Wildman–Crippen LogP) is 0.349. The summed E-state index contributed by atoms with van der Waals surface area (Å²) in [6, 6.07) is 4.15. The van der Waals surface area contributed by atoms with E-state index in [4.69, 9.17) is 16.4 Å². The first-order valence-electron chi connectivity index (χ1n) is 5.13. The summed E-state index contributed by atoms with van der Waals surface area (Å²) in [6.45, 7) is -0.238. The number of nitrogens with two attached hydrogens (primary N) is 1. The normalized spacial score (nSPS) is 14.8. The van der Waals surface area contributed by atoms with Crippen molar-refractivity contribution in [2.24, 2.45) is 5.73 Å². The van der Waals surface area contributed by atoms with Gasteiger partial charge in [-0.15, -0.1) is 0 Å². The van der Waals surface area contributed by atoms with E-state index in [-0.39, 0.29) is 30.3 Å². The Morgan fingerprint density at radius 3 is 2.83 bits per heavy atom. The van der Waals surface area contributed by atoms with Crippen molar-refractivity contribution in [1.29, 1.82) is 10.7 Å². The Hall–Kier alpha value is -2.62. The summed E-state index contributed by atoms with van der Waals surface area (Å²) >= 11 is 0. The average Bonchev–Trinajstić information content (AvgIpc) is 2.46. The molecule has 7 heteroatoms. The van der Waals surface area contributed by atoms with E-state index in [0.717, 1.165) is 4.90 Å². The number of carbonyl (C=O) groups is 1. The van der Waals surface area contributed by atoms with Gasteiger partial charge in [0.15, 0.2) is 12.2 Å². The molecule has 1 amide bonds. The first-order chi connectivity index (χ1) is 8.54. The van der Waals surface area contributed by atoms with Gasteiger partial charge in [0.1, 0.15) is 12.4 Å². The fourth-order valence-corrected chi connectivity index (χ4v) is 1.81. The Labute approximate surface area is 103 Å². The van der Waals surface area contributed by atoms with Gasteiger partial charge < -0.3 is 10.6 Å². The molecule has 3 N–H and O–H groups in total. The molecule has 2 rings (SSSR count). The molecule has 0 atom stereocenters. The van der Waals surface area contributed by atoms with E-state index < -0.39 is 11.7 Å². The molecule has 0 saturated carbocycles. The number of benzene rings is 1. The van der Waals surface area contributed by atoms with Crippen LogP contribution >= 0.6 is 0 Å². The fourth-order valence-electron chi connectivity index (χ4n) is 1.81. The third-order valence-electron chi connectivity index (χ3n) is 2.70. The summed E-state index contributed by atoms with van der Waals surface area (Å²) in [6.07, 6.45) is 1.72. The van der Waals surface area contributed by atoms with Gasteiger partial charge in [0.05, 0.1) is 12.2 Å². The number of hydrogen-bond acceptors (Lipinski definition) is 3. The largest absolute Gasteiger partial charge is 0.370 e. The molecule has 0 fully saturated rings. The number of nitrogens with one attached hydrogen (secondary N) is 1. The van der Waals surface area contributed by atoms with Crippen LogP contribution in [0.25, 0.3) is 0 Å². The van der Waals surface area contributed by atoms with Gasteiger partial charge in [0.2, 0.25) is 0 Å². The third-order valence-corrected chi connectivity index (χ3v) is 2.70. The highest BCUT2D eigenvalue weighted by Gasteiger charge is 2.28. The number of amides is 1. The number of halogens is 1. The smallest absolute Gasteiger partial charge is 0.259 e. The minimum Gasteiger partial charge on any atom is -0.370 e. The summed E-state index contributed by atoms with van der Waals surface area (Å²) in [7, 11) is 0. The highest BCUT2D eigenvalue weighted by Crippen LogP contribution is 2.27. The van der Waals surface area contributed by atoms with Gasteiger partial charge in [-0.3, -0.25) is 10.2 Å². The number of anilines is 1. The summed E-state index contributed by atoms with van der Waals surface area (Å²) in [5.74, 6) is -1.41. The lowest BCUT2D eigenvalue weighted by molar-refractivity contribution is -0.118. The topological polar surface area (TPSA) is 97.2 Å². The number of nitrogens with zero attached hydrogens (tertiary/aromatic N) is 3. The zero-order valence-corrected chi connectivity index (χ0v) is 9.35. The molecule has 1 aromatic carbocycles. The molecule has 0 unspecified atom stereocenters. The molecule has 0 spiro atoms. The van der Waals surface area contributed by atoms with Crippen LogP contribution < -0.4 is 10.6 Å². The first kappa shape index (κ1) is 11.9. The number of carbonyl (C=O) groups excluding carboxylic acids is 1. The second kappa shape index (κ2) is 4.33. The van der Waals surface area contributed by atoms with Crippen molar-refractivity contribution in [3.63, 3.8) is 0 Å². The molecule has 0 aliphatic carbocycles. The third kappa shape index (κ3) is 1.84. The van der Waals surface area contributed by atoms with Gasteiger partial charge in [0.25, 0.3) is 5.91 Å². The molecule has 1 aliphatic heterocycles. The molecule has 0 bridgehead atoms. The molecule has 0 aromatic heterocycles. The maximum atomic E-state index is 13.7. The number of fused-ring (bicyclic) bond motifs is 1. The summed E-state index contributed by atoms with van der Waals surface area (Å²) < 4.78 is 13.7. The zero-order chi connectivity index (χ0) is 13.3. The molecule has 0 saturated heterocycles. The summed E-state index contributed by atoms with van der Waals surface area (Å²) in [5, 5.41) is 16.3. The van der Waals surface area contributed by atoms with Crippen LogP contribution in [0, 0.1) is 22.7 Å². The maximum Gasteiger partial charge on any atom is 0.259 e. The van der Waals surface area contributed by atoms with Gasteiger partial charge in [-0.2, -0.15) is 5.26 Å². The monoisotopic (exact) mass is 247 g/mol. The molecular weight excluding hydrogens is 237 g/mol. The van der Waals surface area contributed by atoms with Crippen LogP contribution in [0.2, 0.25) is 0 Å². The van der Waals surface area contributed by atoms with Gasteiger partial charge in [-0.05, 0) is 12.1 Å². The molecule has 0 radical (unpaired) electrons. The molecular formula is C11H10FN5O. The van der Waals surface area contributed by atoms with E-state index in [9.17, 15) is 9.18 Å². The number of hydrogen-bond donors (Lipinski definition) is 2. The number of nitriles is 1. The number of rotatable bonds is 0. The maximum absolute atomic E-state index is 13.7. The Balaban J connectivity index is 2.58. The average molecular weight is 247 g/mol. The van der Waals surface area contributed by atoms with Gasteiger partial charge >= 0.3 is 0 Å². The van der Waals surface area contributed by atoms with Gasteiger partial charge in [-0.25, -0.2) is 9.29 Å². The van der Waals surface area contributed by atoms with Crippen molar-refractivity contribution in [2.75, 3.05) is 11.4 Å². The second-order valence-electron chi connectivity index (χ2n) is 3.81. The summed E-state index contributed by atoms with van der Waals surface area (Å²) in [5.41, 5.74) is 5.71. The zero-order valence-electron chi connectivity index (χ0n) is 9.35. The Bertz CT molecular complexity index is 565. The van der Waals surface area contributed by atoms with Crippen molar-refractivity contribution in [3.05, 3.63) is 29.6 Å². The van der Waals surface area contributed by atoms with E-state index in [1.807, 2.05) is 0 Å². The molecule has 18 heavy (non-hydrogen) atoms. The number of guanidine groups is 1.